The van der Waals surface area contributed by atoms with Gasteiger partial charge < -0.3 is 0 Å². The second-order valence-corrected chi connectivity index (χ2v) is 8.35. The molecule has 142 valence electrons. The number of imidazole rings is 1. The number of ether oxygens (including phenoxy) is 1. The minimum atomic E-state index is -1.15. The van der Waals surface area contributed by atoms with Gasteiger partial charge in [-0.3, -0.25) is 0 Å². The van der Waals surface area contributed by atoms with Gasteiger partial charge in [0.2, 0.25) is 0 Å². The summed E-state index contributed by atoms with van der Waals surface area (Å²) < 4.78 is 7.35. The molecule has 1 saturated heterocycles. The summed E-state index contributed by atoms with van der Waals surface area (Å²) in [7, 11) is 0. The van der Waals surface area contributed by atoms with E-state index in [2.05, 4.69) is 15.0 Å². The van der Waals surface area contributed by atoms with E-state index < -0.39 is 36.6 Å². The van der Waals surface area contributed by atoms with Crippen molar-refractivity contribution in [3.05, 3.63) is 12.7 Å². The van der Waals surface area contributed by atoms with E-state index in [1.807, 2.05) is 0 Å². The van der Waals surface area contributed by atoms with Crippen LogP contribution in [-0.4, -0.2) is 80.1 Å². The van der Waals surface area contributed by atoms with Crippen LogP contribution in [0.4, 0.5) is 5.82 Å². The molecule has 5 unspecified atom stereocenters. The molecule has 0 amide bonds. The maximum absolute atomic E-state index is 10.7. The Hall–Kier alpha value is -1.82. The van der Waals surface area contributed by atoms with Crippen LogP contribution in [0.3, 0.4) is 0 Å². The first-order chi connectivity index (χ1) is 12.4. The van der Waals surface area contributed by atoms with Crippen molar-refractivity contribution in [1.82, 2.24) is 19.5 Å². The molecule has 2 aromatic heterocycles. The topological polar surface area (TPSA) is 183 Å². The summed E-state index contributed by atoms with van der Waals surface area (Å²) in [4.78, 5) is 22.8. The Balaban J connectivity index is 1.64. The Kier molecular flexibility index (Phi) is 5.70. The standard InChI is InChI=1S/C14H20N6O5Se/c15-6(14(23)24)1-2-26-3-7-9(21)10(22)13(25-7)20-5-19-8-11(16)17-4-18-12(8)20/h4-7,9-10,13,21-22H,1-3,15H2,(H,23,24)(H2,16,17,18). The molecule has 7 N–H and O–H groups in total. The van der Waals surface area contributed by atoms with E-state index >= 15 is 0 Å². The first-order valence-electron chi connectivity index (χ1n) is 7.91. The molecule has 0 bridgehead atoms. The molecule has 2 aromatic rings. The third-order valence-corrected chi connectivity index (χ3v) is 6.45. The molecule has 0 saturated carbocycles. The average molecular weight is 431 g/mol. The first-order valence-corrected chi connectivity index (χ1v) is 10.3. The van der Waals surface area contributed by atoms with Crippen molar-refractivity contribution in [3.8, 4) is 0 Å². The number of rotatable bonds is 7. The number of nitrogens with zero attached hydrogens (tertiary/aromatic N) is 4. The number of carboxylic acids is 1. The van der Waals surface area contributed by atoms with Crippen LogP contribution in [0.15, 0.2) is 12.7 Å². The Morgan fingerprint density at radius 1 is 1.35 bits per heavy atom. The zero-order valence-electron chi connectivity index (χ0n) is 13.7. The van der Waals surface area contributed by atoms with Crippen LogP contribution in [0.1, 0.15) is 12.6 Å². The van der Waals surface area contributed by atoms with Crippen molar-refractivity contribution < 1.29 is 24.9 Å². The molecule has 12 heteroatoms. The Morgan fingerprint density at radius 2 is 2.12 bits per heavy atom. The van der Waals surface area contributed by atoms with Crippen LogP contribution in [0.2, 0.25) is 10.6 Å². The molecule has 1 fully saturated rings. The second kappa shape index (κ2) is 7.82. The van der Waals surface area contributed by atoms with E-state index in [0.29, 0.717) is 28.2 Å². The SMILES string of the molecule is Nc1ncnc2c1ncn2C1OC(C[Se]CCC(N)C(=O)O)C(O)C1O. The number of hydrogen-bond donors (Lipinski definition) is 5. The second-order valence-electron chi connectivity index (χ2n) is 5.94. The van der Waals surface area contributed by atoms with Crippen molar-refractivity contribution in [3.63, 3.8) is 0 Å². The summed E-state index contributed by atoms with van der Waals surface area (Å²) in [6, 6.07) is -0.882. The number of nitrogen functional groups attached to an aromatic ring is 1. The number of carboxylic acid groups (broad SMARTS) is 1. The molecular formula is C14H20N6O5Se. The van der Waals surface area contributed by atoms with E-state index in [1.165, 1.54) is 17.2 Å². The number of fused-ring (bicyclic) bond motifs is 1. The normalized spacial score (nSPS) is 27.0. The van der Waals surface area contributed by atoms with E-state index in [0.717, 1.165) is 0 Å². The molecule has 1 aliphatic heterocycles. The molecule has 0 aromatic carbocycles. The predicted molar refractivity (Wildman–Crippen MR) is 91.3 cm³/mol. The summed E-state index contributed by atoms with van der Waals surface area (Å²) in [5.74, 6) is -0.807. The molecule has 3 rings (SSSR count). The predicted octanol–water partition coefficient (Wildman–Crippen LogP) is -1.63. The monoisotopic (exact) mass is 432 g/mol. The molecule has 0 spiro atoms. The van der Waals surface area contributed by atoms with Crippen LogP contribution in [0.25, 0.3) is 11.2 Å². The van der Waals surface area contributed by atoms with Crippen LogP contribution in [-0.2, 0) is 9.53 Å². The van der Waals surface area contributed by atoms with Crippen molar-refractivity contribution >= 4 is 37.9 Å². The van der Waals surface area contributed by atoms with Gasteiger partial charge in [0, 0.05) is 0 Å². The molecule has 0 aliphatic carbocycles. The summed E-state index contributed by atoms with van der Waals surface area (Å²) in [5.41, 5.74) is 12.0. The Bertz CT molecular complexity index is 788. The fourth-order valence-electron chi connectivity index (χ4n) is 2.69. The molecule has 0 radical (unpaired) electrons. The third-order valence-electron chi connectivity index (χ3n) is 4.17. The van der Waals surface area contributed by atoms with Gasteiger partial charge in [0.05, 0.1) is 0 Å². The van der Waals surface area contributed by atoms with E-state index in [4.69, 9.17) is 21.3 Å². The van der Waals surface area contributed by atoms with Gasteiger partial charge in [-0.25, -0.2) is 0 Å². The summed E-state index contributed by atoms with van der Waals surface area (Å²) in [6.45, 7) is 0. The number of aliphatic hydroxyl groups excluding tert-OH is 2. The number of carbonyl (C=O) groups is 1. The van der Waals surface area contributed by atoms with Crippen LogP contribution < -0.4 is 11.5 Å². The molecule has 11 nitrogen and oxygen atoms in total. The number of aromatic nitrogens is 4. The number of anilines is 1. The number of hydrogen-bond acceptors (Lipinski definition) is 9. The quantitative estimate of drug-likeness (QED) is 0.252. The number of aliphatic carboxylic acids is 1. The minimum absolute atomic E-state index is 0.0247. The van der Waals surface area contributed by atoms with Gasteiger partial charge in [0.25, 0.3) is 0 Å². The van der Waals surface area contributed by atoms with Gasteiger partial charge in [-0.15, -0.1) is 0 Å². The summed E-state index contributed by atoms with van der Waals surface area (Å²) in [6.07, 6.45) is -0.515. The summed E-state index contributed by atoms with van der Waals surface area (Å²) >= 11 is 0.0247. The Labute approximate surface area is 154 Å². The van der Waals surface area contributed by atoms with Crippen molar-refractivity contribution in [2.45, 2.75) is 47.6 Å². The fourth-order valence-corrected chi connectivity index (χ4v) is 4.98. The summed E-state index contributed by atoms with van der Waals surface area (Å²) in [5, 5.41) is 30.6. The Morgan fingerprint density at radius 3 is 2.85 bits per heavy atom. The number of nitrogens with two attached hydrogens (primary N) is 2. The fraction of sp³-hybridized carbons (Fsp3) is 0.571. The van der Waals surface area contributed by atoms with Gasteiger partial charge in [0.15, 0.2) is 0 Å². The molecule has 1 aliphatic rings. The maximum atomic E-state index is 10.7. The molecular weight excluding hydrogens is 411 g/mol. The van der Waals surface area contributed by atoms with Gasteiger partial charge >= 0.3 is 154 Å². The van der Waals surface area contributed by atoms with Crippen molar-refractivity contribution in [2.75, 3.05) is 5.73 Å². The van der Waals surface area contributed by atoms with E-state index in [-0.39, 0.29) is 20.8 Å². The van der Waals surface area contributed by atoms with Gasteiger partial charge in [-0.1, -0.05) is 0 Å². The van der Waals surface area contributed by atoms with Crippen molar-refractivity contribution in [2.24, 2.45) is 5.73 Å². The van der Waals surface area contributed by atoms with E-state index in [9.17, 15) is 15.0 Å². The van der Waals surface area contributed by atoms with Crippen molar-refractivity contribution in [1.29, 1.82) is 0 Å². The third kappa shape index (κ3) is 3.65. The van der Waals surface area contributed by atoms with Gasteiger partial charge in [-0.2, -0.15) is 0 Å². The first kappa shape index (κ1) is 19.0. The zero-order chi connectivity index (χ0) is 18.8. The number of aliphatic hydroxyl groups is 2. The molecule has 3 heterocycles. The van der Waals surface area contributed by atoms with E-state index in [1.54, 1.807) is 0 Å². The average Bonchev–Trinajstić information content (AvgIpc) is 3.15. The zero-order valence-corrected chi connectivity index (χ0v) is 15.4. The van der Waals surface area contributed by atoms with Crippen LogP contribution in [0.5, 0.6) is 0 Å². The van der Waals surface area contributed by atoms with Crippen LogP contribution in [0, 0.1) is 0 Å². The molecule has 5 atom stereocenters. The van der Waals surface area contributed by atoms with Gasteiger partial charge in [-0.05, 0) is 0 Å². The van der Waals surface area contributed by atoms with Crippen LogP contribution >= 0.6 is 0 Å². The van der Waals surface area contributed by atoms with Gasteiger partial charge in [0.1, 0.15) is 0 Å². The molecule has 26 heavy (non-hydrogen) atoms.